The van der Waals surface area contributed by atoms with Crippen molar-refractivity contribution in [3.05, 3.63) is 24.3 Å². The summed E-state index contributed by atoms with van der Waals surface area (Å²) in [5, 5.41) is 11.6. The molecular weight excluding hydrogens is 666 g/mol. The number of likely N-dealkylation sites (N-methyl/N-ethyl adjacent to an activating group) is 1. The third kappa shape index (κ3) is 35.3. The van der Waals surface area contributed by atoms with Gasteiger partial charge in [0, 0.05) is 19.3 Å². The maximum atomic E-state index is 12.7. The van der Waals surface area contributed by atoms with E-state index in [0.717, 1.165) is 64.2 Å². The number of ether oxygens (including phenoxy) is 3. The van der Waals surface area contributed by atoms with Crippen LogP contribution in [-0.4, -0.2) is 75.5 Å². The Morgan fingerprint density at radius 2 is 0.962 bits per heavy atom. The molecule has 2 atom stereocenters. The summed E-state index contributed by atoms with van der Waals surface area (Å²) in [7, 11) is 5.40. The Morgan fingerprint density at radius 3 is 1.42 bits per heavy atom. The molecule has 0 aliphatic rings. The summed E-state index contributed by atoms with van der Waals surface area (Å²) in [5.41, 5.74) is 0. The molecule has 2 unspecified atom stereocenters. The second-order valence-corrected chi connectivity index (χ2v) is 15.9. The zero-order valence-corrected chi connectivity index (χ0v) is 35.2. The van der Waals surface area contributed by atoms with Crippen molar-refractivity contribution in [2.75, 3.05) is 41.0 Å². The lowest BCUT2D eigenvalue weighted by atomic mass is 10.1. The molecule has 0 N–H and O–H groups in total. The molecule has 0 aromatic rings. The van der Waals surface area contributed by atoms with Crippen LogP contribution in [0.3, 0.4) is 0 Å². The monoisotopic (exact) mass is 750 g/mol. The highest BCUT2D eigenvalue weighted by atomic mass is 16.6. The van der Waals surface area contributed by atoms with E-state index in [-0.39, 0.29) is 42.7 Å². The fraction of sp³-hybridized carbons (Fsp3) is 0.844. The molecule has 0 aliphatic carbocycles. The third-order valence-electron chi connectivity index (χ3n) is 9.81. The molecule has 8 nitrogen and oxygen atoms in total. The zero-order chi connectivity index (χ0) is 39.3. The van der Waals surface area contributed by atoms with Crippen LogP contribution in [0.1, 0.15) is 194 Å². The Balaban J connectivity index is 4.33. The van der Waals surface area contributed by atoms with Gasteiger partial charge in [0.2, 0.25) is 0 Å². The molecule has 0 aromatic carbocycles. The number of aliphatic carboxylic acids is 1. The van der Waals surface area contributed by atoms with Crippen molar-refractivity contribution in [2.45, 2.75) is 206 Å². The molecule has 0 bridgehead atoms. The Kier molecular flexibility index (Phi) is 35.2. The average Bonchev–Trinajstić information content (AvgIpc) is 3.11. The fourth-order valence-electron chi connectivity index (χ4n) is 6.34. The van der Waals surface area contributed by atoms with E-state index >= 15 is 0 Å². The number of esters is 2. The van der Waals surface area contributed by atoms with Crippen molar-refractivity contribution >= 4 is 17.9 Å². The average molecular weight is 750 g/mol. The SMILES string of the molecule is CCCC/C=C/CCCCCCCC(=O)OCC(COCCC(C(=O)[O-])[N+](C)(C)C)OC(=O)CCCCCCC/C=C/CCCCCCCCCCC. The van der Waals surface area contributed by atoms with Crippen LogP contribution in [0, 0.1) is 0 Å². The van der Waals surface area contributed by atoms with Crippen molar-refractivity contribution in [1.82, 2.24) is 0 Å². The molecule has 0 radical (unpaired) electrons. The van der Waals surface area contributed by atoms with E-state index in [9.17, 15) is 19.5 Å². The largest absolute Gasteiger partial charge is 0.544 e. The normalized spacial score (nSPS) is 13.2. The van der Waals surface area contributed by atoms with Crippen LogP contribution in [0.15, 0.2) is 24.3 Å². The molecule has 0 heterocycles. The van der Waals surface area contributed by atoms with E-state index in [4.69, 9.17) is 14.2 Å². The van der Waals surface area contributed by atoms with Gasteiger partial charge in [0.05, 0.1) is 40.3 Å². The molecule has 0 spiro atoms. The Bertz CT molecular complexity index is 926. The Morgan fingerprint density at radius 1 is 0.547 bits per heavy atom. The molecule has 0 aromatic heterocycles. The molecule has 0 saturated carbocycles. The fourth-order valence-corrected chi connectivity index (χ4v) is 6.34. The van der Waals surface area contributed by atoms with Crippen molar-refractivity contribution in [3.63, 3.8) is 0 Å². The highest BCUT2D eigenvalue weighted by molar-refractivity contribution is 5.70. The van der Waals surface area contributed by atoms with E-state index in [1.165, 1.54) is 96.3 Å². The first-order chi connectivity index (χ1) is 25.6. The van der Waals surface area contributed by atoms with Gasteiger partial charge in [0.15, 0.2) is 6.10 Å². The first-order valence-electron chi connectivity index (χ1n) is 21.9. The number of hydrogen-bond donors (Lipinski definition) is 0. The molecule has 0 amide bonds. The predicted molar refractivity (Wildman–Crippen MR) is 217 cm³/mol. The summed E-state index contributed by atoms with van der Waals surface area (Å²) in [5.74, 6) is -1.75. The summed E-state index contributed by atoms with van der Waals surface area (Å²) in [6, 6.07) is -0.725. The van der Waals surface area contributed by atoms with Crippen LogP contribution >= 0.6 is 0 Å². The van der Waals surface area contributed by atoms with Gasteiger partial charge in [-0.2, -0.15) is 0 Å². The topological polar surface area (TPSA) is 102 Å². The highest BCUT2D eigenvalue weighted by Crippen LogP contribution is 2.14. The number of unbranched alkanes of at least 4 members (excludes halogenated alkanes) is 21. The number of hydrogen-bond acceptors (Lipinski definition) is 7. The van der Waals surface area contributed by atoms with E-state index in [1.54, 1.807) is 21.1 Å². The number of carbonyl (C=O) groups is 3. The molecule has 0 rings (SSSR count). The minimum Gasteiger partial charge on any atom is -0.544 e. The van der Waals surface area contributed by atoms with Gasteiger partial charge in [-0.1, -0.05) is 141 Å². The van der Waals surface area contributed by atoms with Crippen molar-refractivity contribution in [1.29, 1.82) is 0 Å². The number of rotatable bonds is 39. The number of carboxylic acid groups (broad SMARTS) is 1. The minimum absolute atomic E-state index is 0.0372. The maximum Gasteiger partial charge on any atom is 0.306 e. The van der Waals surface area contributed by atoms with Gasteiger partial charge in [0.1, 0.15) is 12.6 Å². The van der Waals surface area contributed by atoms with E-state index in [0.29, 0.717) is 12.8 Å². The second kappa shape index (κ2) is 36.8. The summed E-state index contributed by atoms with van der Waals surface area (Å²) >= 11 is 0. The van der Waals surface area contributed by atoms with Crippen LogP contribution in [0.4, 0.5) is 0 Å². The van der Waals surface area contributed by atoms with Crippen LogP contribution in [0.25, 0.3) is 0 Å². The first kappa shape index (κ1) is 50.8. The zero-order valence-electron chi connectivity index (χ0n) is 35.2. The van der Waals surface area contributed by atoms with Crippen LogP contribution in [-0.2, 0) is 28.6 Å². The Hall–Kier alpha value is -2.19. The van der Waals surface area contributed by atoms with Gasteiger partial charge >= 0.3 is 11.9 Å². The van der Waals surface area contributed by atoms with Crippen LogP contribution < -0.4 is 5.11 Å². The first-order valence-corrected chi connectivity index (χ1v) is 21.9. The molecule has 53 heavy (non-hydrogen) atoms. The molecule has 0 aliphatic heterocycles. The third-order valence-corrected chi connectivity index (χ3v) is 9.81. The van der Waals surface area contributed by atoms with Gasteiger partial charge in [0.25, 0.3) is 0 Å². The van der Waals surface area contributed by atoms with Gasteiger partial charge in [-0.15, -0.1) is 0 Å². The van der Waals surface area contributed by atoms with Crippen LogP contribution in [0.5, 0.6) is 0 Å². The summed E-state index contributed by atoms with van der Waals surface area (Å²) in [4.78, 5) is 36.8. The van der Waals surface area contributed by atoms with E-state index < -0.39 is 18.1 Å². The van der Waals surface area contributed by atoms with Crippen LogP contribution in [0.2, 0.25) is 0 Å². The standard InChI is InChI=1S/C45H83NO7/c1-6-8-10-12-14-16-18-19-20-21-22-23-24-26-28-30-32-34-36-44(48)53-41(39-51-38-37-42(45(49)50)46(3,4)5)40-52-43(47)35-33-31-29-27-25-17-15-13-11-9-7-2/h13,15,22-23,41-42H,6-12,14,16-21,24-40H2,1-5H3/b15-13+,23-22+. The van der Waals surface area contributed by atoms with Gasteiger partial charge < -0.3 is 28.6 Å². The smallest absolute Gasteiger partial charge is 0.306 e. The van der Waals surface area contributed by atoms with E-state index in [1.807, 2.05) is 0 Å². The Labute approximate surface area is 326 Å². The summed E-state index contributed by atoms with van der Waals surface area (Å²) in [6.45, 7) is 4.61. The molecule has 8 heteroatoms. The molecule has 0 saturated heterocycles. The highest BCUT2D eigenvalue weighted by Gasteiger charge is 2.25. The lowest BCUT2D eigenvalue weighted by Crippen LogP contribution is -2.55. The quantitative estimate of drug-likeness (QED) is 0.0267. The summed E-state index contributed by atoms with van der Waals surface area (Å²) in [6.07, 6.45) is 39.1. The molecular formula is C45H83NO7. The maximum absolute atomic E-state index is 12.7. The van der Waals surface area contributed by atoms with Gasteiger partial charge in [-0.25, -0.2) is 0 Å². The number of carbonyl (C=O) groups excluding carboxylic acids is 3. The number of quaternary nitrogens is 1. The van der Waals surface area contributed by atoms with Gasteiger partial charge in [-0.3, -0.25) is 9.59 Å². The number of allylic oxidation sites excluding steroid dienone is 4. The number of carboxylic acids is 1. The predicted octanol–water partition coefficient (Wildman–Crippen LogP) is 10.4. The van der Waals surface area contributed by atoms with Crippen molar-refractivity contribution < 1.29 is 38.2 Å². The lowest BCUT2D eigenvalue weighted by molar-refractivity contribution is -0.889. The van der Waals surface area contributed by atoms with E-state index in [2.05, 4.69) is 38.2 Å². The van der Waals surface area contributed by atoms with Crippen molar-refractivity contribution in [3.8, 4) is 0 Å². The van der Waals surface area contributed by atoms with Gasteiger partial charge in [-0.05, 0) is 57.8 Å². The summed E-state index contributed by atoms with van der Waals surface area (Å²) < 4.78 is 17.1. The van der Waals surface area contributed by atoms with Crippen molar-refractivity contribution in [2.24, 2.45) is 0 Å². The molecule has 0 fully saturated rings. The number of nitrogens with zero attached hydrogens (tertiary/aromatic N) is 1. The second-order valence-electron chi connectivity index (χ2n) is 15.9. The lowest BCUT2D eigenvalue weighted by Gasteiger charge is -2.34. The molecule has 310 valence electrons. The minimum atomic E-state index is -1.13.